The second-order valence-electron chi connectivity index (χ2n) is 8.50. The third kappa shape index (κ3) is 4.14. The van der Waals surface area contributed by atoms with Gasteiger partial charge in [-0.05, 0) is 49.4 Å². The molecule has 31 heavy (non-hydrogen) atoms. The zero-order chi connectivity index (χ0) is 22.0. The molecule has 4 rings (SSSR count). The Balaban J connectivity index is 1.43. The first-order valence-electron chi connectivity index (χ1n) is 10.9. The Morgan fingerprint density at radius 2 is 1.65 bits per heavy atom. The van der Waals surface area contributed by atoms with Gasteiger partial charge in [0, 0.05) is 36.7 Å². The van der Waals surface area contributed by atoms with E-state index < -0.39 is 5.60 Å². The Morgan fingerprint density at radius 3 is 2.32 bits per heavy atom. The molecule has 0 radical (unpaired) electrons. The number of piperidine rings is 1. The SMILES string of the molecule is COc1cc2c(cc1OC)C(=O)C(CN1CCC(O)(c3ccccc3OC)CC1)CC2. The molecule has 2 aromatic carbocycles. The van der Waals surface area contributed by atoms with E-state index in [1.54, 1.807) is 21.3 Å². The van der Waals surface area contributed by atoms with Gasteiger partial charge in [0.15, 0.2) is 17.3 Å². The summed E-state index contributed by atoms with van der Waals surface area (Å²) in [4.78, 5) is 15.5. The fourth-order valence-electron chi connectivity index (χ4n) is 4.93. The molecule has 1 atom stereocenters. The van der Waals surface area contributed by atoms with Crippen molar-refractivity contribution in [1.29, 1.82) is 0 Å². The van der Waals surface area contributed by atoms with Crippen molar-refractivity contribution in [1.82, 2.24) is 4.90 Å². The topological polar surface area (TPSA) is 68.2 Å². The number of likely N-dealkylation sites (tertiary alicyclic amines) is 1. The van der Waals surface area contributed by atoms with Gasteiger partial charge < -0.3 is 24.2 Å². The number of methoxy groups -OCH3 is 3. The van der Waals surface area contributed by atoms with Gasteiger partial charge in [-0.2, -0.15) is 0 Å². The van der Waals surface area contributed by atoms with Crippen molar-refractivity contribution < 1.29 is 24.1 Å². The standard InChI is InChI=1S/C25H31NO5/c1-29-21-7-5-4-6-20(21)25(28)10-12-26(13-11-25)16-18-9-8-17-14-22(30-2)23(31-3)15-19(17)24(18)27/h4-7,14-15,18,28H,8-13,16H2,1-3H3. The molecular formula is C25H31NO5. The number of carbonyl (C=O) groups is 1. The molecule has 0 spiro atoms. The zero-order valence-electron chi connectivity index (χ0n) is 18.5. The molecule has 6 heteroatoms. The van der Waals surface area contributed by atoms with Crippen molar-refractivity contribution in [3.05, 3.63) is 53.1 Å². The smallest absolute Gasteiger partial charge is 0.167 e. The number of para-hydroxylation sites is 1. The average molecular weight is 426 g/mol. The van der Waals surface area contributed by atoms with Gasteiger partial charge in [0.2, 0.25) is 0 Å². The van der Waals surface area contributed by atoms with Crippen LogP contribution in [0, 0.1) is 5.92 Å². The van der Waals surface area contributed by atoms with Crippen LogP contribution in [0.1, 0.15) is 40.7 Å². The van der Waals surface area contributed by atoms with Crippen LogP contribution in [-0.2, 0) is 12.0 Å². The molecule has 0 bridgehead atoms. The third-order valence-electron chi connectivity index (χ3n) is 6.78. The zero-order valence-corrected chi connectivity index (χ0v) is 18.5. The van der Waals surface area contributed by atoms with Crippen LogP contribution in [0.5, 0.6) is 17.2 Å². The van der Waals surface area contributed by atoms with Crippen molar-refractivity contribution in [2.75, 3.05) is 41.0 Å². The Hall–Kier alpha value is -2.57. The van der Waals surface area contributed by atoms with E-state index in [-0.39, 0.29) is 11.7 Å². The lowest BCUT2D eigenvalue weighted by atomic mass is 9.80. The molecule has 1 fully saturated rings. The molecule has 1 N–H and O–H groups in total. The number of nitrogens with zero attached hydrogens (tertiary/aromatic N) is 1. The lowest BCUT2D eigenvalue weighted by molar-refractivity contribution is -0.0298. The minimum absolute atomic E-state index is 0.0388. The van der Waals surface area contributed by atoms with Crippen LogP contribution in [-0.4, -0.2) is 56.8 Å². The minimum atomic E-state index is -0.893. The van der Waals surface area contributed by atoms with E-state index in [1.807, 2.05) is 36.4 Å². The van der Waals surface area contributed by atoms with Crippen molar-refractivity contribution in [3.8, 4) is 17.2 Å². The molecule has 1 aliphatic carbocycles. The number of fused-ring (bicyclic) bond motifs is 1. The van der Waals surface area contributed by atoms with E-state index >= 15 is 0 Å². The molecule has 2 aliphatic rings. The summed E-state index contributed by atoms with van der Waals surface area (Å²) < 4.78 is 16.2. The molecule has 0 aromatic heterocycles. The number of hydrogen-bond donors (Lipinski definition) is 1. The molecule has 1 saturated heterocycles. The highest BCUT2D eigenvalue weighted by molar-refractivity contribution is 6.01. The van der Waals surface area contributed by atoms with Gasteiger partial charge in [-0.1, -0.05) is 18.2 Å². The predicted molar refractivity (Wildman–Crippen MR) is 118 cm³/mol. The maximum atomic E-state index is 13.2. The van der Waals surface area contributed by atoms with Crippen LogP contribution in [0.4, 0.5) is 0 Å². The molecule has 6 nitrogen and oxygen atoms in total. The monoisotopic (exact) mass is 425 g/mol. The highest BCUT2D eigenvalue weighted by Crippen LogP contribution is 2.39. The van der Waals surface area contributed by atoms with Crippen molar-refractivity contribution in [3.63, 3.8) is 0 Å². The third-order valence-corrected chi connectivity index (χ3v) is 6.78. The summed E-state index contributed by atoms with van der Waals surface area (Å²) in [6.07, 6.45) is 2.92. The number of ketones is 1. The first kappa shape index (κ1) is 21.7. The van der Waals surface area contributed by atoms with Crippen LogP contribution < -0.4 is 14.2 Å². The summed E-state index contributed by atoms with van der Waals surface area (Å²) in [5.41, 5.74) is 1.73. The van der Waals surface area contributed by atoms with E-state index in [4.69, 9.17) is 14.2 Å². The first-order valence-corrected chi connectivity index (χ1v) is 10.9. The first-order chi connectivity index (χ1) is 15.0. The summed E-state index contributed by atoms with van der Waals surface area (Å²) in [7, 11) is 4.83. The maximum absolute atomic E-state index is 13.2. The van der Waals surface area contributed by atoms with Gasteiger partial charge >= 0.3 is 0 Å². The van der Waals surface area contributed by atoms with E-state index in [0.717, 1.165) is 48.4 Å². The molecule has 1 heterocycles. The molecular weight excluding hydrogens is 394 g/mol. The van der Waals surface area contributed by atoms with Crippen LogP contribution >= 0.6 is 0 Å². The molecule has 2 aromatic rings. The van der Waals surface area contributed by atoms with Crippen LogP contribution in [0.15, 0.2) is 36.4 Å². The summed E-state index contributed by atoms with van der Waals surface area (Å²) in [6.45, 7) is 2.21. The number of benzene rings is 2. The number of hydrogen-bond acceptors (Lipinski definition) is 6. The van der Waals surface area contributed by atoms with E-state index in [0.29, 0.717) is 30.9 Å². The molecule has 1 aliphatic heterocycles. The van der Waals surface area contributed by atoms with E-state index in [1.165, 1.54) is 0 Å². The Kier molecular flexibility index (Phi) is 6.21. The molecule has 1 unspecified atom stereocenters. The summed E-state index contributed by atoms with van der Waals surface area (Å²) >= 11 is 0. The Labute approximate surface area is 183 Å². The van der Waals surface area contributed by atoms with Gasteiger partial charge in [0.1, 0.15) is 5.75 Å². The summed E-state index contributed by atoms with van der Waals surface area (Å²) in [5.74, 6) is 2.12. The van der Waals surface area contributed by atoms with Crippen molar-refractivity contribution >= 4 is 5.78 Å². The van der Waals surface area contributed by atoms with Crippen LogP contribution in [0.25, 0.3) is 0 Å². The van der Waals surface area contributed by atoms with Gasteiger partial charge in [-0.25, -0.2) is 0 Å². The highest BCUT2D eigenvalue weighted by atomic mass is 16.5. The minimum Gasteiger partial charge on any atom is -0.496 e. The lowest BCUT2D eigenvalue weighted by Gasteiger charge is -2.40. The van der Waals surface area contributed by atoms with Gasteiger partial charge in [0.05, 0.1) is 26.9 Å². The van der Waals surface area contributed by atoms with Gasteiger partial charge in [0.25, 0.3) is 0 Å². The summed E-state index contributed by atoms with van der Waals surface area (Å²) in [5, 5.41) is 11.3. The average Bonchev–Trinajstić information content (AvgIpc) is 2.81. The second-order valence-corrected chi connectivity index (χ2v) is 8.50. The Bertz CT molecular complexity index is 949. The number of carbonyl (C=O) groups excluding carboxylic acids is 1. The molecule has 0 saturated carbocycles. The van der Waals surface area contributed by atoms with E-state index in [9.17, 15) is 9.90 Å². The normalized spacial score (nSPS) is 20.8. The number of aryl methyl sites for hydroxylation is 1. The maximum Gasteiger partial charge on any atom is 0.167 e. The highest BCUT2D eigenvalue weighted by Gasteiger charge is 2.38. The van der Waals surface area contributed by atoms with Gasteiger partial charge in [-0.15, -0.1) is 0 Å². The van der Waals surface area contributed by atoms with Gasteiger partial charge in [-0.3, -0.25) is 4.79 Å². The van der Waals surface area contributed by atoms with Crippen LogP contribution in [0.3, 0.4) is 0 Å². The lowest BCUT2D eigenvalue weighted by Crippen LogP contribution is -2.45. The van der Waals surface area contributed by atoms with Crippen LogP contribution in [0.2, 0.25) is 0 Å². The van der Waals surface area contributed by atoms with Crippen molar-refractivity contribution in [2.24, 2.45) is 5.92 Å². The number of ether oxygens (including phenoxy) is 3. The number of rotatable bonds is 6. The number of Topliss-reactive ketones (excluding diaryl/α,β-unsaturated/α-hetero) is 1. The molecule has 0 amide bonds. The largest absolute Gasteiger partial charge is 0.496 e. The molecule has 166 valence electrons. The summed E-state index contributed by atoms with van der Waals surface area (Å²) in [6, 6.07) is 11.4. The second kappa shape index (κ2) is 8.89. The predicted octanol–water partition coefficient (Wildman–Crippen LogP) is 3.44. The fraction of sp³-hybridized carbons (Fsp3) is 0.480. The Morgan fingerprint density at radius 1 is 1.00 bits per heavy atom. The van der Waals surface area contributed by atoms with Crippen molar-refractivity contribution in [2.45, 2.75) is 31.3 Å². The quantitative estimate of drug-likeness (QED) is 0.765. The fourth-order valence-corrected chi connectivity index (χ4v) is 4.93. The number of aliphatic hydroxyl groups is 1. The van der Waals surface area contributed by atoms with E-state index in [2.05, 4.69) is 4.90 Å².